The number of piperazine rings is 1. The molecule has 2 heterocycles. The molecule has 0 atom stereocenters. The Hall–Kier alpha value is -1.66. The summed E-state index contributed by atoms with van der Waals surface area (Å²) in [5.74, 6) is 0.580. The minimum atomic E-state index is -0.0550. The van der Waals surface area contributed by atoms with Gasteiger partial charge in [-0.1, -0.05) is 6.07 Å². The molecule has 19 heavy (non-hydrogen) atoms. The van der Waals surface area contributed by atoms with Gasteiger partial charge in [0.25, 0.3) is 5.91 Å². The van der Waals surface area contributed by atoms with Gasteiger partial charge in [0, 0.05) is 31.4 Å². The molecule has 0 unspecified atom stereocenters. The van der Waals surface area contributed by atoms with Crippen molar-refractivity contribution in [2.75, 3.05) is 31.6 Å². The normalized spacial score (nSPS) is 18.8. The average Bonchev–Trinajstić information content (AvgIpc) is 2.40. The molecule has 2 rings (SSSR count). The Morgan fingerprint density at radius 1 is 1.53 bits per heavy atom. The molecule has 0 bridgehead atoms. The molecule has 1 saturated heterocycles. The van der Waals surface area contributed by atoms with Crippen LogP contribution in [0.2, 0.25) is 0 Å². The van der Waals surface area contributed by atoms with Crippen molar-refractivity contribution in [1.29, 1.82) is 0 Å². The first-order chi connectivity index (χ1) is 9.08. The predicted octanol–water partition coefficient (Wildman–Crippen LogP) is 0.209. The molecule has 6 heteroatoms. The molecule has 0 spiro atoms. The molecule has 104 valence electrons. The number of hydrogen-bond donors (Lipinski definition) is 3. The summed E-state index contributed by atoms with van der Waals surface area (Å²) in [6.45, 7) is 7.36. The van der Waals surface area contributed by atoms with E-state index in [0.29, 0.717) is 12.4 Å². The molecule has 0 saturated carbocycles. The van der Waals surface area contributed by atoms with Gasteiger partial charge in [0.2, 0.25) is 0 Å². The zero-order valence-corrected chi connectivity index (χ0v) is 11.4. The predicted molar refractivity (Wildman–Crippen MR) is 74.5 cm³/mol. The van der Waals surface area contributed by atoms with Crippen molar-refractivity contribution in [3.05, 3.63) is 24.4 Å². The third-order valence-electron chi connectivity index (χ3n) is 3.30. The monoisotopic (exact) mass is 263 g/mol. The largest absolute Gasteiger partial charge is 0.314 e. The van der Waals surface area contributed by atoms with E-state index < -0.39 is 0 Å². The Kier molecular flexibility index (Phi) is 4.34. The molecule has 6 nitrogen and oxygen atoms in total. The van der Waals surface area contributed by atoms with Gasteiger partial charge >= 0.3 is 0 Å². The molecule has 1 aliphatic rings. The Labute approximate surface area is 113 Å². The fourth-order valence-electron chi connectivity index (χ4n) is 2.10. The quantitative estimate of drug-likeness (QED) is 0.678. The second-order valence-electron chi connectivity index (χ2n) is 5.30. The number of hydrazine groups is 1. The number of pyridine rings is 1. The van der Waals surface area contributed by atoms with Crippen LogP contribution < -0.4 is 16.2 Å². The van der Waals surface area contributed by atoms with Crippen LogP contribution in [0, 0.1) is 0 Å². The minimum Gasteiger partial charge on any atom is -0.314 e. The van der Waals surface area contributed by atoms with Crippen molar-refractivity contribution in [1.82, 2.24) is 20.6 Å². The lowest BCUT2D eigenvalue weighted by atomic mass is 10.0. The van der Waals surface area contributed by atoms with Gasteiger partial charge in [-0.2, -0.15) is 0 Å². The molecule has 0 radical (unpaired) electrons. The molecular weight excluding hydrogens is 242 g/mol. The van der Waals surface area contributed by atoms with Crippen molar-refractivity contribution in [2.24, 2.45) is 0 Å². The summed E-state index contributed by atoms with van der Waals surface area (Å²) in [5.41, 5.74) is 5.48. The van der Waals surface area contributed by atoms with Crippen molar-refractivity contribution in [3.63, 3.8) is 0 Å². The number of nitrogens with one attached hydrogen (secondary N) is 3. The Balaban J connectivity index is 1.81. The van der Waals surface area contributed by atoms with E-state index >= 15 is 0 Å². The maximum absolute atomic E-state index is 11.9. The summed E-state index contributed by atoms with van der Waals surface area (Å²) in [7, 11) is 0. The van der Waals surface area contributed by atoms with Gasteiger partial charge in [0.05, 0.1) is 6.54 Å². The summed E-state index contributed by atoms with van der Waals surface area (Å²) in [6.07, 6.45) is 1.67. The van der Waals surface area contributed by atoms with E-state index in [-0.39, 0.29) is 11.4 Å². The van der Waals surface area contributed by atoms with Gasteiger partial charge < -0.3 is 5.32 Å². The highest BCUT2D eigenvalue weighted by atomic mass is 16.2. The number of amides is 1. The number of rotatable bonds is 4. The maximum atomic E-state index is 11.9. The van der Waals surface area contributed by atoms with Gasteiger partial charge in [-0.3, -0.25) is 20.5 Å². The Morgan fingerprint density at radius 2 is 2.37 bits per heavy atom. The molecule has 1 fully saturated rings. The number of aromatic nitrogens is 1. The van der Waals surface area contributed by atoms with Gasteiger partial charge in [-0.05, 0) is 26.0 Å². The molecule has 1 aliphatic heterocycles. The number of carbonyl (C=O) groups is 1. The smallest absolute Gasteiger partial charge is 0.252 e. The minimum absolute atomic E-state index is 0.000582. The maximum Gasteiger partial charge on any atom is 0.252 e. The molecule has 1 aromatic heterocycles. The van der Waals surface area contributed by atoms with E-state index in [0.717, 1.165) is 19.6 Å². The second-order valence-corrected chi connectivity index (χ2v) is 5.30. The highest BCUT2D eigenvalue weighted by molar-refractivity contribution is 5.79. The van der Waals surface area contributed by atoms with Gasteiger partial charge in [0.1, 0.15) is 5.82 Å². The van der Waals surface area contributed by atoms with Gasteiger partial charge in [-0.15, -0.1) is 0 Å². The molecule has 3 N–H and O–H groups in total. The lowest BCUT2D eigenvalue weighted by Crippen LogP contribution is -2.60. The molecule has 0 aliphatic carbocycles. The number of anilines is 1. The zero-order valence-electron chi connectivity index (χ0n) is 11.4. The van der Waals surface area contributed by atoms with E-state index in [1.165, 1.54) is 0 Å². The Bertz CT molecular complexity index is 420. The first kappa shape index (κ1) is 13.8. The second kappa shape index (κ2) is 5.99. The highest BCUT2D eigenvalue weighted by Crippen LogP contribution is 2.15. The van der Waals surface area contributed by atoms with Crippen LogP contribution in [0.4, 0.5) is 5.82 Å². The fourth-order valence-corrected chi connectivity index (χ4v) is 2.10. The van der Waals surface area contributed by atoms with Gasteiger partial charge in [-0.25, -0.2) is 4.98 Å². The first-order valence-electron chi connectivity index (χ1n) is 6.49. The van der Waals surface area contributed by atoms with Crippen LogP contribution in [0.15, 0.2) is 24.4 Å². The van der Waals surface area contributed by atoms with Crippen molar-refractivity contribution in [2.45, 2.75) is 19.4 Å². The summed E-state index contributed by atoms with van der Waals surface area (Å²) in [5, 5.41) is 3.34. The van der Waals surface area contributed by atoms with Gasteiger partial charge in [0.15, 0.2) is 0 Å². The molecule has 1 amide bonds. The average molecular weight is 263 g/mol. The van der Waals surface area contributed by atoms with Crippen molar-refractivity contribution in [3.8, 4) is 0 Å². The van der Waals surface area contributed by atoms with Crippen LogP contribution in [-0.4, -0.2) is 47.5 Å². The topological polar surface area (TPSA) is 69.3 Å². The van der Waals surface area contributed by atoms with E-state index in [2.05, 4.69) is 39.9 Å². The summed E-state index contributed by atoms with van der Waals surface area (Å²) < 4.78 is 0. The zero-order chi connectivity index (χ0) is 13.7. The van der Waals surface area contributed by atoms with Crippen molar-refractivity contribution < 1.29 is 4.79 Å². The Morgan fingerprint density at radius 3 is 3.05 bits per heavy atom. The lowest BCUT2D eigenvalue weighted by Gasteiger charge is -2.42. The number of carbonyl (C=O) groups excluding carboxylic acids is 1. The van der Waals surface area contributed by atoms with Crippen LogP contribution in [-0.2, 0) is 4.79 Å². The van der Waals surface area contributed by atoms with Crippen LogP contribution >= 0.6 is 0 Å². The van der Waals surface area contributed by atoms with E-state index in [4.69, 9.17) is 0 Å². The van der Waals surface area contributed by atoms with Crippen molar-refractivity contribution >= 4 is 11.7 Å². The van der Waals surface area contributed by atoms with Crippen LogP contribution in [0.25, 0.3) is 0 Å². The molecule has 0 aromatic carbocycles. The van der Waals surface area contributed by atoms with Crippen LogP contribution in [0.1, 0.15) is 13.8 Å². The van der Waals surface area contributed by atoms with E-state index in [9.17, 15) is 4.79 Å². The number of nitrogens with zero attached hydrogens (tertiary/aromatic N) is 2. The first-order valence-corrected chi connectivity index (χ1v) is 6.49. The number of hydrogen-bond acceptors (Lipinski definition) is 5. The third-order valence-corrected chi connectivity index (χ3v) is 3.30. The van der Waals surface area contributed by atoms with E-state index in [1.807, 2.05) is 12.1 Å². The standard InChI is InChI=1S/C13H21N5O/c1-13(2)10-14-7-8-18(13)9-12(19)17-16-11-5-3-4-6-15-11/h3-6,14H,7-10H2,1-2H3,(H,15,16)(H,17,19). The summed E-state index contributed by atoms with van der Waals surface area (Å²) in [4.78, 5) is 18.2. The summed E-state index contributed by atoms with van der Waals surface area (Å²) >= 11 is 0. The summed E-state index contributed by atoms with van der Waals surface area (Å²) in [6, 6.07) is 5.49. The highest BCUT2D eigenvalue weighted by Gasteiger charge is 2.30. The van der Waals surface area contributed by atoms with Crippen LogP contribution in [0.3, 0.4) is 0 Å². The van der Waals surface area contributed by atoms with E-state index in [1.54, 1.807) is 12.3 Å². The fraction of sp³-hybridized carbons (Fsp3) is 0.538. The third kappa shape index (κ3) is 3.90. The molecule has 1 aromatic rings. The van der Waals surface area contributed by atoms with Crippen LogP contribution in [0.5, 0.6) is 0 Å². The molecular formula is C13H21N5O. The lowest BCUT2D eigenvalue weighted by molar-refractivity contribution is -0.123. The SMILES string of the molecule is CC1(C)CNCCN1CC(=O)NNc1ccccn1.